The van der Waals surface area contributed by atoms with E-state index in [4.69, 9.17) is 18.6 Å². The summed E-state index contributed by atoms with van der Waals surface area (Å²) in [5, 5.41) is 0. The SMILES string of the molecule is COc1ccc(CN(C(=O)OCc2ccccc2)C(CN(C/C=C/C[Si](C)(C)C)C(=O)OCc2ccccc2)O[Si](C)(C)C)cc1. The number of ether oxygens (including phenoxy) is 3. The van der Waals surface area contributed by atoms with Crippen LogP contribution in [0.1, 0.15) is 16.7 Å². The predicted octanol–water partition coefficient (Wildman–Crippen LogP) is 8.54. The summed E-state index contributed by atoms with van der Waals surface area (Å²) in [5.74, 6) is 0.717. The van der Waals surface area contributed by atoms with Gasteiger partial charge in [0.25, 0.3) is 0 Å². The molecule has 0 aliphatic heterocycles. The molecule has 0 fully saturated rings. The van der Waals surface area contributed by atoms with Gasteiger partial charge in [-0.05, 0) is 54.5 Å². The van der Waals surface area contributed by atoms with E-state index >= 15 is 0 Å². The second kappa shape index (κ2) is 17.7. The monoisotopic (exact) mass is 662 g/mol. The molecular weight excluding hydrogens is 613 g/mol. The molecule has 8 nitrogen and oxygen atoms in total. The molecule has 10 heteroatoms. The van der Waals surface area contributed by atoms with Gasteiger partial charge in [-0.15, -0.1) is 0 Å². The molecule has 248 valence electrons. The first kappa shape index (κ1) is 36.6. The maximum atomic E-state index is 13.9. The molecule has 0 saturated carbocycles. The van der Waals surface area contributed by atoms with E-state index in [1.54, 1.807) is 16.9 Å². The molecule has 0 spiro atoms. The van der Waals surface area contributed by atoms with Crippen LogP contribution in [-0.2, 0) is 33.7 Å². The van der Waals surface area contributed by atoms with Crippen LogP contribution < -0.4 is 4.74 Å². The average molecular weight is 663 g/mol. The lowest BCUT2D eigenvalue weighted by Gasteiger charge is -2.37. The third kappa shape index (κ3) is 13.6. The lowest BCUT2D eigenvalue weighted by atomic mass is 10.2. The number of carbonyl (C=O) groups is 2. The smallest absolute Gasteiger partial charge is 0.412 e. The van der Waals surface area contributed by atoms with E-state index in [0.717, 1.165) is 22.7 Å². The van der Waals surface area contributed by atoms with Gasteiger partial charge in [0.2, 0.25) is 0 Å². The van der Waals surface area contributed by atoms with Gasteiger partial charge in [-0.25, -0.2) is 9.59 Å². The van der Waals surface area contributed by atoms with Gasteiger partial charge >= 0.3 is 12.2 Å². The Bertz CT molecular complexity index is 1370. The molecule has 46 heavy (non-hydrogen) atoms. The van der Waals surface area contributed by atoms with Crippen molar-refractivity contribution in [2.24, 2.45) is 0 Å². The highest BCUT2D eigenvalue weighted by Gasteiger charge is 2.33. The number of benzene rings is 3. The molecule has 0 aliphatic rings. The van der Waals surface area contributed by atoms with Gasteiger partial charge in [-0.1, -0.05) is 105 Å². The highest BCUT2D eigenvalue weighted by molar-refractivity contribution is 6.76. The highest BCUT2D eigenvalue weighted by atomic mass is 28.4. The Morgan fingerprint density at radius 3 is 1.76 bits per heavy atom. The molecule has 0 saturated heterocycles. The van der Waals surface area contributed by atoms with Crippen molar-refractivity contribution in [2.75, 3.05) is 20.2 Å². The largest absolute Gasteiger partial charge is 0.497 e. The summed E-state index contributed by atoms with van der Waals surface area (Å²) < 4.78 is 23.6. The van der Waals surface area contributed by atoms with Crippen molar-refractivity contribution in [1.29, 1.82) is 0 Å². The van der Waals surface area contributed by atoms with Gasteiger partial charge < -0.3 is 18.6 Å². The molecule has 0 bridgehead atoms. The maximum Gasteiger partial charge on any atom is 0.412 e. The normalized spacial score (nSPS) is 12.4. The van der Waals surface area contributed by atoms with E-state index in [0.29, 0.717) is 12.3 Å². The minimum absolute atomic E-state index is 0.103. The first-order chi connectivity index (χ1) is 21.8. The topological polar surface area (TPSA) is 77.5 Å². The number of rotatable bonds is 16. The van der Waals surface area contributed by atoms with E-state index in [-0.39, 0.29) is 26.3 Å². The minimum Gasteiger partial charge on any atom is -0.497 e. The fourth-order valence-electron chi connectivity index (χ4n) is 4.48. The molecule has 3 aromatic carbocycles. The minimum atomic E-state index is -2.24. The Morgan fingerprint density at radius 2 is 1.26 bits per heavy atom. The van der Waals surface area contributed by atoms with Crippen LogP contribution in [0.15, 0.2) is 97.1 Å². The summed E-state index contributed by atoms with van der Waals surface area (Å²) in [4.78, 5) is 30.7. The fourth-order valence-corrected chi connectivity index (χ4v) is 6.37. The first-order valence-electron chi connectivity index (χ1n) is 15.7. The van der Waals surface area contributed by atoms with Crippen LogP contribution in [0.25, 0.3) is 0 Å². The van der Waals surface area contributed by atoms with Crippen molar-refractivity contribution in [3.63, 3.8) is 0 Å². The van der Waals surface area contributed by atoms with Crippen LogP contribution in [0.2, 0.25) is 45.3 Å². The number of nitrogens with zero attached hydrogens (tertiary/aromatic N) is 2. The van der Waals surface area contributed by atoms with E-state index in [2.05, 4.69) is 45.4 Å². The zero-order chi connectivity index (χ0) is 33.6. The molecule has 0 N–H and O–H groups in total. The second-order valence-corrected chi connectivity index (χ2v) is 23.4. The summed E-state index contributed by atoms with van der Waals surface area (Å²) >= 11 is 0. The van der Waals surface area contributed by atoms with Crippen molar-refractivity contribution >= 4 is 28.6 Å². The van der Waals surface area contributed by atoms with Crippen molar-refractivity contribution < 1.29 is 28.2 Å². The zero-order valence-electron chi connectivity index (χ0n) is 28.4. The Kier molecular flexibility index (Phi) is 14.1. The van der Waals surface area contributed by atoms with Gasteiger partial charge in [-0.3, -0.25) is 9.80 Å². The molecule has 0 aromatic heterocycles. The van der Waals surface area contributed by atoms with Crippen LogP contribution in [0.5, 0.6) is 5.75 Å². The van der Waals surface area contributed by atoms with E-state index in [9.17, 15) is 9.59 Å². The molecule has 1 atom stereocenters. The number of hydrogen-bond acceptors (Lipinski definition) is 6. The first-order valence-corrected chi connectivity index (χ1v) is 22.8. The molecular formula is C36H50N2O6Si2. The van der Waals surface area contributed by atoms with Gasteiger partial charge in [-0.2, -0.15) is 0 Å². The molecule has 3 aromatic rings. The number of allylic oxidation sites excluding steroid dienone is 1. The summed E-state index contributed by atoms with van der Waals surface area (Å²) in [6.45, 7) is 14.0. The summed E-state index contributed by atoms with van der Waals surface area (Å²) in [7, 11) is -1.95. The van der Waals surface area contributed by atoms with Crippen LogP contribution in [0.3, 0.4) is 0 Å². The molecule has 0 heterocycles. The predicted molar refractivity (Wildman–Crippen MR) is 189 cm³/mol. The summed E-state index contributed by atoms with van der Waals surface area (Å²) in [6, 6.07) is 27.7. The molecule has 0 aliphatic carbocycles. The Hall–Kier alpha value is -3.87. The third-order valence-corrected chi connectivity index (χ3v) is 9.29. The standard InChI is InChI=1S/C36H50N2O6Si2/c1-41-33-22-20-30(21-23-33)26-38(36(40)43-29-32-18-12-9-13-19-32)34(44-46(5,6)7)27-37(24-14-15-25-45(2,3)4)35(39)42-28-31-16-10-8-11-17-31/h8-23,34H,24-29H2,1-7H3/b15-14+. The Labute approximate surface area is 277 Å². The van der Waals surface area contributed by atoms with Crippen molar-refractivity contribution in [3.8, 4) is 5.75 Å². The van der Waals surface area contributed by atoms with Gasteiger partial charge in [0.1, 0.15) is 25.2 Å². The molecule has 1 unspecified atom stereocenters. The molecule has 3 rings (SSSR count). The lowest BCUT2D eigenvalue weighted by Crippen LogP contribution is -2.53. The van der Waals surface area contributed by atoms with Gasteiger partial charge in [0, 0.05) is 14.6 Å². The van der Waals surface area contributed by atoms with E-state index < -0.39 is 34.8 Å². The number of carbonyl (C=O) groups excluding carboxylic acids is 2. The Balaban J connectivity index is 1.92. The average Bonchev–Trinajstić information content (AvgIpc) is 3.02. The maximum absolute atomic E-state index is 13.9. The highest BCUT2D eigenvalue weighted by Crippen LogP contribution is 2.21. The number of amides is 2. The fraction of sp³-hybridized carbons (Fsp3) is 0.389. The zero-order valence-corrected chi connectivity index (χ0v) is 30.4. The van der Waals surface area contributed by atoms with Crippen LogP contribution in [0.4, 0.5) is 9.59 Å². The molecule has 2 amide bonds. The van der Waals surface area contributed by atoms with Crippen LogP contribution in [0, 0.1) is 0 Å². The van der Waals surface area contributed by atoms with E-state index in [1.165, 1.54) is 0 Å². The quantitative estimate of drug-likeness (QED) is 0.0869. The van der Waals surface area contributed by atoms with Crippen molar-refractivity contribution in [3.05, 3.63) is 114 Å². The van der Waals surface area contributed by atoms with Crippen molar-refractivity contribution in [1.82, 2.24) is 9.80 Å². The van der Waals surface area contributed by atoms with Crippen molar-refractivity contribution in [2.45, 2.75) is 71.3 Å². The van der Waals surface area contributed by atoms with Gasteiger partial charge in [0.05, 0.1) is 20.2 Å². The summed E-state index contributed by atoms with van der Waals surface area (Å²) in [6.07, 6.45) is 2.35. The Morgan fingerprint density at radius 1 is 0.717 bits per heavy atom. The van der Waals surface area contributed by atoms with Crippen LogP contribution in [-0.4, -0.2) is 64.8 Å². The lowest BCUT2D eigenvalue weighted by molar-refractivity contribution is -0.0148. The number of hydrogen-bond donors (Lipinski definition) is 0. The number of methoxy groups -OCH3 is 1. The molecule has 0 radical (unpaired) electrons. The van der Waals surface area contributed by atoms with E-state index in [1.807, 2.05) is 91.0 Å². The third-order valence-electron chi connectivity index (χ3n) is 6.85. The van der Waals surface area contributed by atoms with Crippen LogP contribution >= 0.6 is 0 Å². The second-order valence-electron chi connectivity index (χ2n) is 13.4. The summed E-state index contributed by atoms with van der Waals surface area (Å²) in [5.41, 5.74) is 2.64. The van der Waals surface area contributed by atoms with Gasteiger partial charge in [0.15, 0.2) is 8.32 Å².